The molecule has 8 rings (SSSR count). The number of benzene rings is 3. The van der Waals surface area contributed by atoms with E-state index in [9.17, 15) is 61.5 Å². The molecule has 24 nitrogen and oxygen atoms in total. The maximum Gasteiger partial charge on any atom is 0.294 e. The second-order valence-electron chi connectivity index (χ2n) is 23.1. The highest BCUT2D eigenvalue weighted by molar-refractivity contribution is 7.86. The molecule has 2 amide bonds. The first kappa shape index (κ1) is 70.5. The number of carbonyl (C=O) groups excluding carboxylic acids is 2. The number of aromatic nitrogens is 3. The van der Waals surface area contributed by atoms with E-state index in [1.165, 1.54) is 36.4 Å². The molecule has 5 N–H and O–H groups in total. The highest BCUT2D eigenvalue weighted by Crippen LogP contribution is 2.52. The molecule has 0 spiro atoms. The van der Waals surface area contributed by atoms with Gasteiger partial charge in [0.1, 0.15) is 23.4 Å². The van der Waals surface area contributed by atoms with Crippen LogP contribution < -0.4 is 15.5 Å². The lowest BCUT2D eigenvalue weighted by atomic mass is 9.77. The second-order valence-corrected chi connectivity index (χ2v) is 30.7. The van der Waals surface area contributed by atoms with Crippen molar-refractivity contribution in [2.45, 2.75) is 120 Å². The number of hydrogen-bond donors (Lipinski definition) is 5. The lowest BCUT2D eigenvalue weighted by molar-refractivity contribution is -0.437. The summed E-state index contributed by atoms with van der Waals surface area (Å²) < 4.78 is 153. The predicted octanol–water partition coefficient (Wildman–Crippen LogP) is 7.96. The van der Waals surface area contributed by atoms with Crippen LogP contribution in [-0.4, -0.2) is 159 Å². The molecule has 5 heterocycles. The zero-order valence-corrected chi connectivity index (χ0v) is 56.1. The van der Waals surface area contributed by atoms with Gasteiger partial charge in [0.25, 0.3) is 30.4 Å². The maximum absolute atomic E-state index is 13.4. The predicted molar refractivity (Wildman–Crippen MR) is 345 cm³/mol. The monoisotopic (exact) mass is 1370 g/mol. The minimum Gasteiger partial charge on any atom is -0.748 e. The van der Waals surface area contributed by atoms with Gasteiger partial charge >= 0.3 is 0 Å². The van der Waals surface area contributed by atoms with Gasteiger partial charge in [0.05, 0.1) is 69.6 Å². The highest BCUT2D eigenvalue weighted by Gasteiger charge is 2.46. The minimum absolute atomic E-state index is 0.0171. The van der Waals surface area contributed by atoms with E-state index in [1.54, 1.807) is 46.3 Å². The first-order valence-electron chi connectivity index (χ1n) is 29.4. The van der Waals surface area contributed by atoms with Gasteiger partial charge in [0.2, 0.25) is 17.5 Å². The molecular weight excluding hydrogens is 1300 g/mol. The van der Waals surface area contributed by atoms with E-state index in [4.69, 9.17) is 26.1 Å². The van der Waals surface area contributed by atoms with Gasteiger partial charge in [-0.3, -0.25) is 32.8 Å². The molecule has 3 aromatic carbocycles. The van der Waals surface area contributed by atoms with Gasteiger partial charge < -0.3 is 29.6 Å². The molecule has 5 aromatic rings. The van der Waals surface area contributed by atoms with Gasteiger partial charge in [-0.25, -0.2) is 8.42 Å². The summed E-state index contributed by atoms with van der Waals surface area (Å²) in [6.45, 7) is 13.2. The van der Waals surface area contributed by atoms with E-state index in [2.05, 4.69) is 34.7 Å². The summed E-state index contributed by atoms with van der Waals surface area (Å²) in [5.74, 6) is -0.364. The van der Waals surface area contributed by atoms with E-state index in [0.29, 0.717) is 76.3 Å². The highest BCUT2D eigenvalue weighted by atomic mass is 35.5. The number of nitrogens with one attached hydrogen (secondary N) is 2. The van der Waals surface area contributed by atoms with Crippen LogP contribution in [0, 0.1) is 20.8 Å². The first-order valence-corrected chi connectivity index (χ1v) is 36.7. The third kappa shape index (κ3) is 17.5. The van der Waals surface area contributed by atoms with Crippen molar-refractivity contribution in [3.8, 4) is 5.00 Å². The van der Waals surface area contributed by atoms with E-state index >= 15 is 0 Å². The molecule has 2 atom stereocenters. The number of aryl methyl sites for hydroxylation is 2. The molecule has 0 aliphatic carbocycles. The van der Waals surface area contributed by atoms with Gasteiger partial charge in [-0.1, -0.05) is 54.8 Å². The van der Waals surface area contributed by atoms with Crippen LogP contribution in [0.5, 0.6) is 0 Å². The average Bonchev–Trinajstić information content (AvgIpc) is 1.61. The molecule has 3 aliphatic heterocycles. The van der Waals surface area contributed by atoms with Gasteiger partial charge in [0, 0.05) is 93.8 Å². The van der Waals surface area contributed by atoms with Crippen LogP contribution in [0.4, 0.5) is 11.4 Å². The number of aliphatic imine (C=N–C) groups is 1. The number of allylic oxidation sites excluding steroid dienone is 6. The molecule has 2 aromatic heterocycles. The number of amides is 2. The summed E-state index contributed by atoms with van der Waals surface area (Å²) in [5.41, 5.74) is 5.26. The minimum atomic E-state index is -4.67. The van der Waals surface area contributed by atoms with Crippen molar-refractivity contribution in [2.75, 3.05) is 69.0 Å². The summed E-state index contributed by atoms with van der Waals surface area (Å²) in [6.07, 6.45) is 10.8. The Morgan fingerprint density at radius 2 is 1.42 bits per heavy atom. The quantitative estimate of drug-likeness (QED) is 0.0121. The van der Waals surface area contributed by atoms with Crippen molar-refractivity contribution >= 4 is 98.0 Å². The number of fused-ring (bicyclic) bond motifs is 5. The number of nitrogens with zero attached hydrogens (tertiary/aromatic N) is 6. The first-order chi connectivity index (χ1) is 42.8. The Morgan fingerprint density at radius 1 is 0.769 bits per heavy atom. The summed E-state index contributed by atoms with van der Waals surface area (Å²) in [6, 6.07) is 15.1. The van der Waals surface area contributed by atoms with Crippen molar-refractivity contribution in [1.82, 2.24) is 25.4 Å². The van der Waals surface area contributed by atoms with Crippen molar-refractivity contribution in [3.05, 3.63) is 146 Å². The molecule has 3 aliphatic rings. The van der Waals surface area contributed by atoms with Gasteiger partial charge in [-0.05, 0) is 120 Å². The van der Waals surface area contributed by atoms with E-state index in [1.807, 2.05) is 61.4 Å². The Morgan fingerprint density at radius 3 is 2.07 bits per heavy atom. The Hall–Kier alpha value is -6.35. The van der Waals surface area contributed by atoms with Gasteiger partial charge in [-0.15, -0.1) is 21.5 Å². The fourth-order valence-corrected chi connectivity index (χ4v) is 15.0. The Bertz CT molecular complexity index is 4200. The third-order valence-electron chi connectivity index (χ3n) is 16.3. The molecule has 0 saturated heterocycles. The number of ether oxygens (including phenoxy) is 2. The standard InChI is InChI=1S/C61H75ClN8O16S5/c1-40-41(2)87-59-56(40)57(43-18-20-44(62)21-19-43)65-49(58-67-66-42(3)70(58)59)39-55(72)64-28-32-86-34-33-85-31-27-63-54(71)17-11-8-12-26-61(6)48-38-46(91(82,83)84)23-25-51(48)69(30-14-36-89(76,77)78)53(61)16-10-7-9-15-52-60(4,5)47-37-45(90(79,80)81)22-24-50(47)68(52)29-13-35-88(73,74)75/h7,9-10,15-16,18-25,37-38,49H,8,11-14,17,26-36,39H2,1-6H3,(H5-,63,64,71,72,73,74,75,76,77,78,79,80,81,82,83,84)/t49-,61?/m0/s1. The van der Waals surface area contributed by atoms with Crippen molar-refractivity contribution in [3.63, 3.8) is 0 Å². The number of hydrogen-bond acceptors (Lipinski definition) is 18. The Kier molecular flexibility index (Phi) is 22.7. The van der Waals surface area contributed by atoms with E-state index in [0.717, 1.165) is 32.3 Å². The number of anilines is 1. The summed E-state index contributed by atoms with van der Waals surface area (Å²) in [7, 11) is -18.2. The van der Waals surface area contributed by atoms with Crippen LogP contribution in [0.25, 0.3) is 5.00 Å². The molecule has 0 radical (unpaired) electrons. The van der Waals surface area contributed by atoms with Crippen molar-refractivity contribution in [1.29, 1.82) is 0 Å². The normalized spacial score (nSPS) is 17.8. The lowest BCUT2D eigenvalue weighted by Gasteiger charge is -2.30. The zero-order valence-electron chi connectivity index (χ0n) is 51.2. The van der Waals surface area contributed by atoms with Crippen LogP contribution in [0.2, 0.25) is 5.02 Å². The molecule has 1 unspecified atom stereocenters. The second kappa shape index (κ2) is 29.3. The number of rotatable bonds is 31. The van der Waals surface area contributed by atoms with Crippen molar-refractivity contribution in [2.24, 2.45) is 4.99 Å². The maximum atomic E-state index is 13.4. The fourth-order valence-electron chi connectivity index (χ4n) is 11.7. The molecule has 30 heteroatoms. The van der Waals surface area contributed by atoms with Crippen LogP contribution in [0.1, 0.15) is 123 Å². The summed E-state index contributed by atoms with van der Waals surface area (Å²) in [5, 5.41) is 16.2. The lowest BCUT2D eigenvalue weighted by Crippen LogP contribution is -2.30. The Balaban J connectivity index is 0.830. The Labute approximate surface area is 540 Å². The summed E-state index contributed by atoms with van der Waals surface area (Å²) in [4.78, 5) is 33.7. The van der Waals surface area contributed by atoms with E-state index in [-0.39, 0.29) is 99.9 Å². The number of thiophene rings is 1. The van der Waals surface area contributed by atoms with E-state index < -0.39 is 68.9 Å². The largest absolute Gasteiger partial charge is 0.748 e. The number of halogens is 1. The topological polar surface area (TPSA) is 346 Å². The van der Waals surface area contributed by atoms with Crippen LogP contribution in [-0.2, 0) is 70.4 Å². The average molecular weight is 1370 g/mol. The smallest absolute Gasteiger partial charge is 0.294 e. The third-order valence-corrected chi connectivity index (χ3v) is 21.0. The summed E-state index contributed by atoms with van der Waals surface area (Å²) >= 11 is 7.87. The van der Waals surface area contributed by atoms with Crippen LogP contribution >= 0.6 is 22.9 Å². The van der Waals surface area contributed by atoms with Gasteiger partial charge in [-0.2, -0.15) is 29.8 Å². The van der Waals surface area contributed by atoms with Crippen LogP contribution in [0.3, 0.4) is 0 Å². The SMILES string of the molecule is Cc1sc2c(c1C)C(c1ccc(Cl)cc1)=N[C@@H](CC(=O)NCCOCCOCCNC(=O)CCCCCC1(C)\C(=C/C=C/C=C/C3=[N+](CCCS(=O)(=O)O)c4ccc(S(=O)(=O)O)cc4C3(C)C)N(CCCS(=O)(=O)[O-])c3ccc(S(=O)(=O)O)cc31)c1nnc(C)n1-2. The van der Waals surface area contributed by atoms with Gasteiger partial charge in [0.15, 0.2) is 11.5 Å². The molecule has 492 valence electrons. The fraction of sp³-hybridized carbons (Fsp3) is 0.443. The molecule has 0 bridgehead atoms. The molecular formula is C61H75ClN8O16S5. The van der Waals surface area contributed by atoms with Crippen LogP contribution in [0.15, 0.2) is 112 Å². The number of unbranched alkanes of at least 4 members (excludes halogenated alkanes) is 2. The van der Waals surface area contributed by atoms with Crippen molar-refractivity contribution < 1.29 is 75.5 Å². The molecule has 0 saturated carbocycles. The zero-order chi connectivity index (χ0) is 66.3. The molecule has 0 fully saturated rings. The molecule has 91 heavy (non-hydrogen) atoms. The number of carbonyl (C=O) groups is 2.